The summed E-state index contributed by atoms with van der Waals surface area (Å²) in [5.41, 5.74) is 4.42. The van der Waals surface area contributed by atoms with Gasteiger partial charge in [-0.3, -0.25) is 4.79 Å². The molecule has 1 aromatic heterocycles. The van der Waals surface area contributed by atoms with Crippen molar-refractivity contribution in [3.05, 3.63) is 93.7 Å². The Bertz CT molecular complexity index is 1240. The molecule has 1 N–H and O–H groups in total. The lowest BCUT2D eigenvalue weighted by Gasteiger charge is -2.08. The van der Waals surface area contributed by atoms with Gasteiger partial charge in [-0.05, 0) is 55.3 Å². The number of hydrogen-bond donors (Lipinski definition) is 1. The highest BCUT2D eigenvalue weighted by molar-refractivity contribution is 6.36. The summed E-state index contributed by atoms with van der Waals surface area (Å²) >= 11 is 12.1. The van der Waals surface area contributed by atoms with Gasteiger partial charge in [-0.25, -0.2) is 9.67 Å². The van der Waals surface area contributed by atoms with E-state index < -0.39 is 5.91 Å². The van der Waals surface area contributed by atoms with E-state index in [0.717, 1.165) is 16.8 Å². The lowest BCUT2D eigenvalue weighted by molar-refractivity contribution is 0.101. The predicted molar refractivity (Wildman–Crippen MR) is 121 cm³/mol. The molecule has 0 bridgehead atoms. The number of hydrogen-bond acceptors (Lipinski definition) is 3. The zero-order chi connectivity index (χ0) is 21.3. The number of rotatable bonds is 4. The first-order valence-corrected chi connectivity index (χ1v) is 10.0. The van der Waals surface area contributed by atoms with Gasteiger partial charge < -0.3 is 5.32 Å². The van der Waals surface area contributed by atoms with Crippen LogP contribution in [0.15, 0.2) is 66.7 Å². The third-order valence-corrected chi connectivity index (χ3v) is 5.30. The van der Waals surface area contributed by atoms with Gasteiger partial charge in [-0.1, -0.05) is 59.6 Å². The number of carbonyl (C=O) groups is 1. The fourth-order valence-corrected chi connectivity index (χ4v) is 3.44. The summed E-state index contributed by atoms with van der Waals surface area (Å²) in [6.07, 6.45) is 0. The molecule has 0 aliphatic heterocycles. The fraction of sp³-hybridized carbons (Fsp3) is 0.0870. The molecular weight excluding hydrogens is 419 g/mol. The monoisotopic (exact) mass is 436 g/mol. The Labute approximate surface area is 184 Å². The van der Waals surface area contributed by atoms with Gasteiger partial charge in [0.2, 0.25) is 5.82 Å². The fourth-order valence-electron chi connectivity index (χ4n) is 2.99. The van der Waals surface area contributed by atoms with E-state index in [2.05, 4.69) is 15.4 Å². The number of halogens is 2. The van der Waals surface area contributed by atoms with Crippen LogP contribution in [-0.4, -0.2) is 20.7 Å². The number of aryl methyl sites for hydroxylation is 2. The zero-order valence-electron chi connectivity index (χ0n) is 16.4. The molecular formula is C23H18Cl2N4O. The summed E-state index contributed by atoms with van der Waals surface area (Å²) < 4.78 is 1.68. The number of amides is 1. The van der Waals surface area contributed by atoms with Crippen molar-refractivity contribution >= 4 is 34.8 Å². The highest BCUT2D eigenvalue weighted by Gasteiger charge is 2.20. The van der Waals surface area contributed by atoms with E-state index in [-0.39, 0.29) is 5.82 Å². The average Bonchev–Trinajstić information content (AvgIpc) is 3.18. The van der Waals surface area contributed by atoms with Gasteiger partial charge in [0.15, 0.2) is 5.82 Å². The molecule has 1 amide bonds. The Hall–Kier alpha value is -3.15. The molecule has 0 saturated heterocycles. The number of aromatic nitrogens is 3. The molecule has 0 radical (unpaired) electrons. The van der Waals surface area contributed by atoms with Crippen LogP contribution in [-0.2, 0) is 0 Å². The summed E-state index contributed by atoms with van der Waals surface area (Å²) in [6, 6.07) is 20.5. The Morgan fingerprint density at radius 2 is 1.70 bits per heavy atom. The van der Waals surface area contributed by atoms with Crippen molar-refractivity contribution in [2.24, 2.45) is 0 Å². The maximum Gasteiger partial charge on any atom is 0.295 e. The second-order valence-electron chi connectivity index (χ2n) is 6.88. The van der Waals surface area contributed by atoms with Gasteiger partial charge in [0.25, 0.3) is 5.91 Å². The molecule has 30 heavy (non-hydrogen) atoms. The summed E-state index contributed by atoms with van der Waals surface area (Å²) in [6.45, 7) is 4.08. The molecule has 5 nitrogen and oxygen atoms in total. The highest BCUT2D eigenvalue weighted by Crippen LogP contribution is 2.27. The Balaban J connectivity index is 1.76. The van der Waals surface area contributed by atoms with Crippen molar-refractivity contribution in [1.82, 2.24) is 14.8 Å². The van der Waals surface area contributed by atoms with Crippen LogP contribution in [0.2, 0.25) is 10.0 Å². The zero-order valence-corrected chi connectivity index (χ0v) is 17.9. The van der Waals surface area contributed by atoms with Crippen LogP contribution in [0.25, 0.3) is 17.1 Å². The summed E-state index contributed by atoms with van der Waals surface area (Å²) in [5.74, 6) is 0.156. The van der Waals surface area contributed by atoms with E-state index in [1.165, 1.54) is 5.56 Å². The number of benzene rings is 3. The smallest absolute Gasteiger partial charge is 0.295 e. The molecule has 0 fully saturated rings. The van der Waals surface area contributed by atoms with Crippen molar-refractivity contribution in [3.8, 4) is 17.1 Å². The maximum atomic E-state index is 12.9. The quantitative estimate of drug-likeness (QED) is 0.419. The van der Waals surface area contributed by atoms with Gasteiger partial charge in [-0.15, -0.1) is 5.10 Å². The Morgan fingerprint density at radius 1 is 0.933 bits per heavy atom. The van der Waals surface area contributed by atoms with E-state index in [4.69, 9.17) is 23.2 Å². The first-order chi connectivity index (χ1) is 14.4. The number of nitrogens with zero attached hydrogens (tertiary/aromatic N) is 3. The average molecular weight is 437 g/mol. The number of carbonyl (C=O) groups excluding carboxylic acids is 1. The molecule has 3 aromatic carbocycles. The molecule has 0 atom stereocenters. The third-order valence-electron chi connectivity index (χ3n) is 4.76. The largest absolute Gasteiger partial charge is 0.318 e. The summed E-state index contributed by atoms with van der Waals surface area (Å²) in [7, 11) is 0. The molecule has 0 aliphatic carbocycles. The van der Waals surface area contributed by atoms with E-state index >= 15 is 0 Å². The maximum absolute atomic E-state index is 12.9. The number of nitrogens with one attached hydrogen (secondary N) is 1. The van der Waals surface area contributed by atoms with Crippen molar-refractivity contribution in [2.75, 3.05) is 5.32 Å². The molecule has 4 rings (SSSR count). The van der Waals surface area contributed by atoms with Crippen molar-refractivity contribution in [2.45, 2.75) is 13.8 Å². The molecule has 0 saturated carbocycles. The third kappa shape index (κ3) is 4.08. The Morgan fingerprint density at radius 3 is 2.40 bits per heavy atom. The summed E-state index contributed by atoms with van der Waals surface area (Å²) in [5, 5.41) is 8.07. The van der Waals surface area contributed by atoms with Crippen molar-refractivity contribution in [1.29, 1.82) is 0 Å². The lowest BCUT2D eigenvalue weighted by atomic mass is 10.1. The number of anilines is 1. The molecule has 150 valence electrons. The van der Waals surface area contributed by atoms with E-state index in [9.17, 15) is 4.79 Å². The van der Waals surface area contributed by atoms with Gasteiger partial charge in [0.1, 0.15) is 0 Å². The van der Waals surface area contributed by atoms with Crippen molar-refractivity contribution in [3.63, 3.8) is 0 Å². The van der Waals surface area contributed by atoms with Crippen LogP contribution >= 0.6 is 23.2 Å². The van der Waals surface area contributed by atoms with Gasteiger partial charge >= 0.3 is 0 Å². The minimum Gasteiger partial charge on any atom is -0.318 e. The van der Waals surface area contributed by atoms with Crippen LogP contribution in [0.3, 0.4) is 0 Å². The van der Waals surface area contributed by atoms with Crippen LogP contribution in [0.1, 0.15) is 21.7 Å². The van der Waals surface area contributed by atoms with Gasteiger partial charge in [0, 0.05) is 10.6 Å². The van der Waals surface area contributed by atoms with Gasteiger partial charge in [0.05, 0.1) is 16.4 Å². The lowest BCUT2D eigenvalue weighted by Crippen LogP contribution is -2.14. The standard InChI is InChI=1S/C23H18Cl2N4O/c1-14-8-10-18(12-15(14)2)29-22(16-6-4-3-5-7-16)27-21(28-29)23(30)26-20-11-9-17(24)13-19(20)25/h3-13H,1-2H3,(H,26,30). The second-order valence-corrected chi connectivity index (χ2v) is 7.73. The van der Waals surface area contributed by atoms with E-state index in [0.29, 0.717) is 21.6 Å². The molecule has 7 heteroatoms. The molecule has 4 aromatic rings. The van der Waals surface area contributed by atoms with Crippen LogP contribution in [0.5, 0.6) is 0 Å². The second kappa shape index (κ2) is 8.30. The van der Waals surface area contributed by atoms with Gasteiger partial charge in [-0.2, -0.15) is 0 Å². The minimum absolute atomic E-state index is 0.0399. The van der Waals surface area contributed by atoms with Crippen LogP contribution < -0.4 is 5.32 Å². The highest BCUT2D eigenvalue weighted by atomic mass is 35.5. The first-order valence-electron chi connectivity index (χ1n) is 9.29. The Kier molecular flexibility index (Phi) is 5.57. The topological polar surface area (TPSA) is 59.8 Å². The minimum atomic E-state index is -0.459. The molecule has 0 spiro atoms. The normalized spacial score (nSPS) is 10.8. The SMILES string of the molecule is Cc1ccc(-n2nc(C(=O)Nc3ccc(Cl)cc3Cl)nc2-c2ccccc2)cc1C. The van der Waals surface area contributed by atoms with Crippen LogP contribution in [0.4, 0.5) is 5.69 Å². The van der Waals surface area contributed by atoms with E-state index in [1.807, 2.05) is 62.4 Å². The summed E-state index contributed by atoms with van der Waals surface area (Å²) in [4.78, 5) is 17.4. The first kappa shape index (κ1) is 20.1. The van der Waals surface area contributed by atoms with E-state index in [1.54, 1.807) is 22.9 Å². The predicted octanol–water partition coefficient (Wildman–Crippen LogP) is 6.11. The van der Waals surface area contributed by atoms with Crippen molar-refractivity contribution < 1.29 is 4.79 Å². The molecule has 0 aliphatic rings. The molecule has 1 heterocycles. The molecule has 0 unspecified atom stereocenters. The van der Waals surface area contributed by atoms with Crippen LogP contribution in [0, 0.1) is 13.8 Å².